The highest BCUT2D eigenvalue weighted by molar-refractivity contribution is 5.95. The number of benzene rings is 1. The van der Waals surface area contributed by atoms with Crippen LogP contribution in [-0.2, 0) is 4.74 Å². The Bertz CT molecular complexity index is 1420. The quantitative estimate of drug-likeness (QED) is 0.352. The number of nitrogens with one attached hydrogen (secondary N) is 2. The molecule has 7 nitrogen and oxygen atoms in total. The minimum absolute atomic E-state index is 0.0372. The molecule has 1 aromatic carbocycles. The fourth-order valence-corrected chi connectivity index (χ4v) is 4.65. The molecular formula is C28H29F2N5O2. The average molecular weight is 506 g/mol. The van der Waals surface area contributed by atoms with E-state index in [-0.39, 0.29) is 17.3 Å². The van der Waals surface area contributed by atoms with Gasteiger partial charge in [0.2, 0.25) is 0 Å². The van der Waals surface area contributed by atoms with Gasteiger partial charge in [-0.1, -0.05) is 6.07 Å². The van der Waals surface area contributed by atoms with Crippen LogP contribution in [0.15, 0.2) is 55.0 Å². The Labute approximate surface area is 213 Å². The van der Waals surface area contributed by atoms with Crippen molar-refractivity contribution in [1.82, 2.24) is 20.3 Å². The molecule has 1 fully saturated rings. The van der Waals surface area contributed by atoms with Gasteiger partial charge in [-0.3, -0.25) is 9.88 Å². The van der Waals surface area contributed by atoms with E-state index >= 15 is 0 Å². The summed E-state index contributed by atoms with van der Waals surface area (Å²) in [4.78, 5) is 27.2. The first-order chi connectivity index (χ1) is 17.7. The number of anilines is 1. The van der Waals surface area contributed by atoms with Crippen LogP contribution < -0.4 is 10.2 Å². The Hall–Kier alpha value is -3.85. The van der Waals surface area contributed by atoms with Crippen molar-refractivity contribution in [2.24, 2.45) is 0 Å². The molecule has 0 unspecified atom stereocenters. The molecule has 3 aromatic heterocycles. The van der Waals surface area contributed by atoms with Crippen molar-refractivity contribution < 1.29 is 18.3 Å². The topological polar surface area (TPSA) is 83.1 Å². The number of halogens is 2. The summed E-state index contributed by atoms with van der Waals surface area (Å²) in [5, 5.41) is 3.33. The van der Waals surface area contributed by atoms with Gasteiger partial charge in [-0.05, 0) is 77.0 Å². The molecule has 4 heterocycles. The van der Waals surface area contributed by atoms with Crippen LogP contribution in [0.5, 0.6) is 0 Å². The summed E-state index contributed by atoms with van der Waals surface area (Å²) >= 11 is 0. The smallest absolute Gasteiger partial charge is 0.415 e. The van der Waals surface area contributed by atoms with Crippen molar-refractivity contribution in [3.8, 4) is 22.4 Å². The zero-order valence-electron chi connectivity index (χ0n) is 21.0. The van der Waals surface area contributed by atoms with Gasteiger partial charge in [0.25, 0.3) is 0 Å². The van der Waals surface area contributed by atoms with E-state index in [4.69, 9.17) is 4.74 Å². The van der Waals surface area contributed by atoms with Gasteiger partial charge in [-0.15, -0.1) is 0 Å². The van der Waals surface area contributed by atoms with E-state index in [0.717, 1.165) is 25.9 Å². The number of hydrogen-bond acceptors (Lipinski definition) is 5. The van der Waals surface area contributed by atoms with E-state index in [1.165, 1.54) is 18.2 Å². The molecule has 0 spiro atoms. The maximum atomic E-state index is 14.4. The monoisotopic (exact) mass is 505 g/mol. The number of rotatable bonds is 4. The lowest BCUT2D eigenvalue weighted by Gasteiger charge is -2.35. The van der Waals surface area contributed by atoms with Crippen molar-refractivity contribution >= 4 is 22.8 Å². The van der Waals surface area contributed by atoms with Gasteiger partial charge < -0.3 is 15.0 Å². The number of amides is 1. The number of piperidine rings is 1. The molecule has 5 rings (SSSR count). The average Bonchev–Trinajstić information content (AvgIpc) is 3.27. The third-order valence-electron chi connectivity index (χ3n) is 6.32. The highest BCUT2D eigenvalue weighted by Gasteiger charge is 2.31. The van der Waals surface area contributed by atoms with Crippen molar-refractivity contribution in [3.63, 3.8) is 0 Å². The minimum atomic E-state index is -0.678. The first kappa shape index (κ1) is 24.8. The molecule has 0 aliphatic carbocycles. The van der Waals surface area contributed by atoms with Gasteiger partial charge in [-0.2, -0.15) is 0 Å². The Kier molecular flexibility index (Phi) is 6.64. The zero-order valence-corrected chi connectivity index (χ0v) is 21.0. The molecule has 4 aromatic rings. The molecular weight excluding hydrogens is 476 g/mol. The van der Waals surface area contributed by atoms with Gasteiger partial charge >= 0.3 is 6.09 Å². The molecule has 37 heavy (non-hydrogen) atoms. The molecule has 0 saturated carbocycles. The summed E-state index contributed by atoms with van der Waals surface area (Å²) in [7, 11) is 0. The highest BCUT2D eigenvalue weighted by atomic mass is 19.1. The standard InChI is InChI=1S/C28H29F2N5O2/c1-28(2,3)37-27(36)35(18-9-11-31-12-10-18)19-13-17(14-32-15-19)20-16-33-24-8-7-23(34-26(20)24)25-21(29)5-4-6-22(25)30/h4-8,13-16,18,31,33H,9-12H2,1-3H3. The largest absolute Gasteiger partial charge is 0.443 e. The van der Waals surface area contributed by atoms with Gasteiger partial charge in [0.05, 0.1) is 34.2 Å². The summed E-state index contributed by atoms with van der Waals surface area (Å²) < 4.78 is 34.6. The van der Waals surface area contributed by atoms with E-state index in [1.807, 2.05) is 26.8 Å². The lowest BCUT2D eigenvalue weighted by molar-refractivity contribution is 0.0559. The Balaban J connectivity index is 1.56. The summed E-state index contributed by atoms with van der Waals surface area (Å²) in [5.41, 5.74) is 2.66. The van der Waals surface area contributed by atoms with Crippen molar-refractivity contribution in [2.45, 2.75) is 45.3 Å². The van der Waals surface area contributed by atoms with E-state index in [9.17, 15) is 13.6 Å². The predicted octanol–water partition coefficient (Wildman–Crippen LogP) is 6.06. The van der Waals surface area contributed by atoms with E-state index < -0.39 is 23.3 Å². The molecule has 1 amide bonds. The van der Waals surface area contributed by atoms with E-state index in [1.54, 1.807) is 35.6 Å². The lowest BCUT2D eigenvalue weighted by Crippen LogP contribution is -2.48. The fourth-order valence-electron chi connectivity index (χ4n) is 4.65. The maximum Gasteiger partial charge on any atom is 0.415 e. The van der Waals surface area contributed by atoms with Crippen LogP contribution in [0, 0.1) is 11.6 Å². The molecule has 1 aliphatic heterocycles. The van der Waals surface area contributed by atoms with Crippen LogP contribution in [0.2, 0.25) is 0 Å². The number of fused-ring (bicyclic) bond motifs is 1. The number of aromatic nitrogens is 3. The highest BCUT2D eigenvalue weighted by Crippen LogP contribution is 2.33. The Morgan fingerprint density at radius 1 is 1.08 bits per heavy atom. The number of aromatic amines is 1. The molecule has 0 bridgehead atoms. The molecule has 1 saturated heterocycles. The van der Waals surface area contributed by atoms with Crippen LogP contribution >= 0.6 is 0 Å². The first-order valence-corrected chi connectivity index (χ1v) is 12.3. The number of carbonyl (C=O) groups excluding carboxylic acids is 1. The molecule has 0 radical (unpaired) electrons. The molecule has 0 atom stereocenters. The van der Waals surface area contributed by atoms with Gasteiger partial charge in [0.1, 0.15) is 17.2 Å². The number of hydrogen-bond donors (Lipinski definition) is 2. The minimum Gasteiger partial charge on any atom is -0.443 e. The maximum absolute atomic E-state index is 14.4. The predicted molar refractivity (Wildman–Crippen MR) is 139 cm³/mol. The van der Waals surface area contributed by atoms with Crippen LogP contribution in [0.3, 0.4) is 0 Å². The number of pyridine rings is 2. The fraction of sp³-hybridized carbons (Fsp3) is 0.321. The summed E-state index contributed by atoms with van der Waals surface area (Å²) in [6.45, 7) is 7.13. The third-order valence-corrected chi connectivity index (χ3v) is 6.32. The number of H-pyrrole nitrogens is 1. The molecule has 192 valence electrons. The SMILES string of the molecule is CC(C)(C)OC(=O)N(c1cncc(-c2c[nH]c3ccc(-c4c(F)cccc4F)nc23)c1)C1CCNCC1. The lowest BCUT2D eigenvalue weighted by atomic mass is 10.0. The first-order valence-electron chi connectivity index (χ1n) is 12.3. The number of nitrogens with zero attached hydrogens (tertiary/aromatic N) is 3. The van der Waals surface area contributed by atoms with Crippen LogP contribution in [0.4, 0.5) is 19.3 Å². The second kappa shape index (κ2) is 9.89. The van der Waals surface area contributed by atoms with Crippen molar-refractivity contribution in [2.75, 3.05) is 18.0 Å². The number of ether oxygens (including phenoxy) is 1. The molecule has 9 heteroatoms. The Morgan fingerprint density at radius 2 is 1.81 bits per heavy atom. The van der Waals surface area contributed by atoms with Crippen LogP contribution in [0.1, 0.15) is 33.6 Å². The Morgan fingerprint density at radius 3 is 2.51 bits per heavy atom. The second-order valence-corrected chi connectivity index (χ2v) is 10.2. The van der Waals surface area contributed by atoms with Crippen LogP contribution in [0.25, 0.3) is 33.4 Å². The normalized spacial score (nSPS) is 14.6. The molecule has 2 N–H and O–H groups in total. The van der Waals surface area contributed by atoms with Gasteiger partial charge in [-0.25, -0.2) is 18.6 Å². The summed E-state index contributed by atoms with van der Waals surface area (Å²) in [6.07, 6.45) is 6.26. The van der Waals surface area contributed by atoms with E-state index in [2.05, 4.69) is 20.3 Å². The third kappa shape index (κ3) is 5.17. The van der Waals surface area contributed by atoms with Gasteiger partial charge in [0, 0.05) is 29.6 Å². The van der Waals surface area contributed by atoms with E-state index in [0.29, 0.717) is 27.8 Å². The molecule has 1 aliphatic rings. The summed E-state index contributed by atoms with van der Waals surface area (Å²) in [6, 6.07) is 8.91. The second-order valence-electron chi connectivity index (χ2n) is 10.2. The van der Waals surface area contributed by atoms with Gasteiger partial charge in [0.15, 0.2) is 0 Å². The van der Waals surface area contributed by atoms with Crippen molar-refractivity contribution in [3.05, 3.63) is 66.6 Å². The van der Waals surface area contributed by atoms with Crippen LogP contribution in [-0.4, -0.2) is 45.8 Å². The zero-order chi connectivity index (χ0) is 26.2. The van der Waals surface area contributed by atoms with Crippen molar-refractivity contribution in [1.29, 1.82) is 0 Å². The number of carbonyl (C=O) groups is 1. The summed E-state index contributed by atoms with van der Waals surface area (Å²) in [5.74, 6) is -1.36.